The highest BCUT2D eigenvalue weighted by Gasteiger charge is 2.22. The van der Waals surface area contributed by atoms with E-state index in [1.54, 1.807) is 12.1 Å². The van der Waals surface area contributed by atoms with Crippen molar-refractivity contribution in [3.63, 3.8) is 0 Å². The lowest BCUT2D eigenvalue weighted by atomic mass is 9.97. The van der Waals surface area contributed by atoms with E-state index in [9.17, 15) is 22.8 Å². The minimum absolute atomic E-state index is 0.0947. The smallest absolute Gasteiger partial charge is 0.321 e. The first-order chi connectivity index (χ1) is 15.0. The first-order valence-electron chi connectivity index (χ1n) is 10.2. The molecule has 1 amide bonds. The number of ketones is 1. The number of carbonyl (C=O) groups is 3. The molecule has 9 heteroatoms. The number of nitrogens with one attached hydrogen (secondary N) is 2. The molecule has 2 unspecified atom stereocenters. The van der Waals surface area contributed by atoms with E-state index < -0.39 is 34.5 Å². The zero-order valence-electron chi connectivity index (χ0n) is 18.5. The fourth-order valence-corrected chi connectivity index (χ4v) is 3.86. The van der Waals surface area contributed by atoms with Gasteiger partial charge in [0.05, 0.1) is 4.90 Å². The van der Waals surface area contributed by atoms with Gasteiger partial charge in [-0.1, -0.05) is 44.2 Å². The Bertz CT molecular complexity index is 1080. The summed E-state index contributed by atoms with van der Waals surface area (Å²) in [6, 6.07) is 12.7. The van der Waals surface area contributed by atoms with Gasteiger partial charge in [-0.05, 0) is 49.9 Å². The van der Waals surface area contributed by atoms with E-state index in [0.29, 0.717) is 11.3 Å². The van der Waals surface area contributed by atoms with Gasteiger partial charge in [-0.3, -0.25) is 14.4 Å². The van der Waals surface area contributed by atoms with Crippen molar-refractivity contribution < 1.29 is 27.5 Å². The van der Waals surface area contributed by atoms with E-state index in [2.05, 4.69) is 10.0 Å². The Morgan fingerprint density at radius 2 is 1.62 bits per heavy atom. The highest BCUT2D eigenvalue weighted by atomic mass is 32.2. The standard InChI is InChI=1S/C23H28N2O6S/c1-5-15(2)20-8-6-7-9-21(20)25-23(28)17(4)31-22(27)14-24-32(29,30)19-12-10-18(11-13-19)16(3)26/h6-13,15,17,24H,5,14H2,1-4H3,(H,25,28). The molecule has 2 rings (SSSR count). The molecule has 0 aromatic heterocycles. The van der Waals surface area contributed by atoms with Gasteiger partial charge in [-0.15, -0.1) is 0 Å². The van der Waals surface area contributed by atoms with Crippen LogP contribution in [-0.4, -0.2) is 38.7 Å². The van der Waals surface area contributed by atoms with E-state index in [1.165, 1.54) is 38.1 Å². The number of ether oxygens (including phenoxy) is 1. The lowest BCUT2D eigenvalue weighted by molar-refractivity contribution is -0.151. The van der Waals surface area contributed by atoms with Crippen molar-refractivity contribution in [3.8, 4) is 0 Å². The quantitative estimate of drug-likeness (QED) is 0.415. The highest BCUT2D eigenvalue weighted by molar-refractivity contribution is 7.89. The molecule has 0 saturated heterocycles. The van der Waals surface area contributed by atoms with Gasteiger partial charge >= 0.3 is 5.97 Å². The average molecular weight is 461 g/mol. The van der Waals surface area contributed by atoms with Crippen molar-refractivity contribution in [3.05, 3.63) is 59.7 Å². The minimum Gasteiger partial charge on any atom is -0.452 e. The first-order valence-corrected chi connectivity index (χ1v) is 11.7. The second-order valence-corrected chi connectivity index (χ2v) is 9.19. The number of hydrogen-bond donors (Lipinski definition) is 2. The number of carbonyl (C=O) groups excluding carboxylic acids is 3. The topological polar surface area (TPSA) is 119 Å². The lowest BCUT2D eigenvalue weighted by Gasteiger charge is -2.18. The second-order valence-electron chi connectivity index (χ2n) is 7.42. The number of sulfonamides is 1. The van der Waals surface area contributed by atoms with Crippen LogP contribution in [0.15, 0.2) is 53.4 Å². The van der Waals surface area contributed by atoms with Crippen molar-refractivity contribution in [2.24, 2.45) is 0 Å². The van der Waals surface area contributed by atoms with Gasteiger partial charge in [-0.25, -0.2) is 8.42 Å². The van der Waals surface area contributed by atoms with Crippen LogP contribution in [-0.2, 0) is 24.3 Å². The molecule has 0 spiro atoms. The maximum Gasteiger partial charge on any atom is 0.321 e. The number of esters is 1. The summed E-state index contributed by atoms with van der Waals surface area (Å²) in [5.74, 6) is -1.36. The molecule has 32 heavy (non-hydrogen) atoms. The van der Waals surface area contributed by atoms with E-state index in [1.807, 2.05) is 26.0 Å². The van der Waals surface area contributed by atoms with E-state index in [0.717, 1.165) is 12.0 Å². The number of Topliss-reactive ketones (excluding diaryl/α,β-unsaturated/α-hetero) is 1. The van der Waals surface area contributed by atoms with Crippen LogP contribution in [0.4, 0.5) is 5.69 Å². The molecule has 2 aromatic carbocycles. The van der Waals surface area contributed by atoms with Gasteiger partial charge in [0.25, 0.3) is 5.91 Å². The van der Waals surface area contributed by atoms with Crippen molar-refractivity contribution in [2.45, 2.75) is 51.0 Å². The molecule has 0 fully saturated rings. The summed E-state index contributed by atoms with van der Waals surface area (Å²) in [6.45, 7) is 6.24. The molecule has 2 atom stereocenters. The Morgan fingerprint density at radius 3 is 2.22 bits per heavy atom. The maximum atomic E-state index is 12.5. The van der Waals surface area contributed by atoms with Crippen LogP contribution in [0.2, 0.25) is 0 Å². The third kappa shape index (κ3) is 6.73. The first kappa shape index (κ1) is 25.2. The van der Waals surface area contributed by atoms with Crippen LogP contribution in [0.3, 0.4) is 0 Å². The molecule has 0 heterocycles. The predicted molar refractivity (Wildman–Crippen MR) is 121 cm³/mol. The summed E-state index contributed by atoms with van der Waals surface area (Å²) >= 11 is 0. The second kappa shape index (κ2) is 11.0. The van der Waals surface area contributed by atoms with Crippen LogP contribution in [0.5, 0.6) is 0 Å². The summed E-state index contributed by atoms with van der Waals surface area (Å²) < 4.78 is 31.9. The van der Waals surface area contributed by atoms with Crippen molar-refractivity contribution >= 4 is 33.4 Å². The van der Waals surface area contributed by atoms with Gasteiger partial charge in [0.15, 0.2) is 11.9 Å². The zero-order chi connectivity index (χ0) is 23.9. The van der Waals surface area contributed by atoms with Crippen LogP contribution in [0.25, 0.3) is 0 Å². The Morgan fingerprint density at radius 1 is 1.00 bits per heavy atom. The van der Waals surface area contributed by atoms with Gasteiger partial charge in [0.1, 0.15) is 6.54 Å². The zero-order valence-corrected chi connectivity index (χ0v) is 19.4. The summed E-state index contributed by atoms with van der Waals surface area (Å²) in [6.07, 6.45) is -0.221. The molecule has 0 aliphatic heterocycles. The van der Waals surface area contributed by atoms with Crippen molar-refractivity contribution in [1.82, 2.24) is 4.72 Å². The predicted octanol–water partition coefficient (Wildman–Crippen LogP) is 3.25. The Kier molecular flexibility index (Phi) is 8.68. The summed E-state index contributed by atoms with van der Waals surface area (Å²) in [4.78, 5) is 35.8. The molecule has 0 bridgehead atoms. The largest absolute Gasteiger partial charge is 0.452 e. The van der Waals surface area contributed by atoms with Gasteiger partial charge in [0.2, 0.25) is 10.0 Å². The number of benzene rings is 2. The van der Waals surface area contributed by atoms with E-state index >= 15 is 0 Å². The van der Waals surface area contributed by atoms with Gasteiger partial charge in [-0.2, -0.15) is 4.72 Å². The molecule has 172 valence electrons. The van der Waals surface area contributed by atoms with Gasteiger partial charge in [0, 0.05) is 11.3 Å². The third-order valence-electron chi connectivity index (χ3n) is 5.02. The molecule has 0 saturated carbocycles. The van der Waals surface area contributed by atoms with E-state index in [4.69, 9.17) is 4.74 Å². The van der Waals surface area contributed by atoms with Crippen molar-refractivity contribution in [1.29, 1.82) is 0 Å². The monoisotopic (exact) mass is 460 g/mol. The fraction of sp³-hybridized carbons (Fsp3) is 0.348. The number of hydrogen-bond acceptors (Lipinski definition) is 6. The average Bonchev–Trinajstić information content (AvgIpc) is 2.77. The highest BCUT2D eigenvalue weighted by Crippen LogP contribution is 2.26. The number of anilines is 1. The van der Waals surface area contributed by atoms with E-state index in [-0.39, 0.29) is 16.6 Å². The van der Waals surface area contributed by atoms with Crippen LogP contribution in [0, 0.1) is 0 Å². The number of para-hydroxylation sites is 1. The number of amides is 1. The van der Waals surface area contributed by atoms with Crippen LogP contribution in [0.1, 0.15) is 56.0 Å². The summed E-state index contributed by atoms with van der Waals surface area (Å²) in [7, 11) is -3.98. The Balaban J connectivity index is 1.94. The molecular formula is C23H28N2O6S. The maximum absolute atomic E-state index is 12.5. The molecule has 0 aliphatic carbocycles. The minimum atomic E-state index is -3.98. The molecule has 0 aliphatic rings. The normalized spacial score (nSPS) is 13.1. The van der Waals surface area contributed by atoms with Crippen LogP contribution >= 0.6 is 0 Å². The summed E-state index contributed by atoms with van der Waals surface area (Å²) in [5.41, 5.74) is 1.99. The Labute approximate surface area is 188 Å². The molecule has 2 N–H and O–H groups in total. The molecule has 8 nitrogen and oxygen atoms in total. The summed E-state index contributed by atoms with van der Waals surface area (Å²) in [5, 5.41) is 2.76. The molecule has 0 radical (unpaired) electrons. The molecular weight excluding hydrogens is 432 g/mol. The third-order valence-corrected chi connectivity index (χ3v) is 6.43. The fourth-order valence-electron chi connectivity index (χ4n) is 2.89. The number of rotatable bonds is 10. The lowest BCUT2D eigenvalue weighted by Crippen LogP contribution is -2.36. The SMILES string of the molecule is CCC(C)c1ccccc1NC(=O)C(C)OC(=O)CNS(=O)(=O)c1ccc(C(C)=O)cc1. The Hall–Kier alpha value is -3.04. The molecule has 2 aromatic rings. The van der Waals surface area contributed by atoms with Crippen molar-refractivity contribution in [2.75, 3.05) is 11.9 Å². The van der Waals surface area contributed by atoms with Gasteiger partial charge < -0.3 is 10.1 Å². The van der Waals surface area contributed by atoms with Crippen LogP contribution < -0.4 is 10.0 Å².